The Bertz CT molecular complexity index is 1050. The molecule has 6 heteroatoms. The highest BCUT2D eigenvalue weighted by Crippen LogP contribution is 2.29. The minimum absolute atomic E-state index is 0.0835. The van der Waals surface area contributed by atoms with Crippen molar-refractivity contribution >= 4 is 11.9 Å². The van der Waals surface area contributed by atoms with Gasteiger partial charge in [-0.2, -0.15) is 5.10 Å². The molecule has 1 heterocycles. The zero-order chi connectivity index (χ0) is 21.5. The molecule has 3 rings (SSSR count). The second kappa shape index (κ2) is 9.78. The van der Waals surface area contributed by atoms with Gasteiger partial charge in [0.25, 0.3) is 0 Å². The molecule has 0 aliphatic carbocycles. The van der Waals surface area contributed by atoms with Crippen LogP contribution in [-0.2, 0) is 13.7 Å². The Hall–Kier alpha value is -3.54. The third-order valence-electron chi connectivity index (χ3n) is 4.54. The van der Waals surface area contributed by atoms with Crippen LogP contribution in [0.15, 0.2) is 54.7 Å². The standard InChI is InChI=1S/C24H26N2O4/c1-5-29-23-8-6-7-9-24(23)30-16-19-14-18(11-13-22(19)28-4)10-12-21(27)20-15-26(3)25-17(20)2/h6-15H,5,16H2,1-4H3/b12-10+. The molecule has 0 bridgehead atoms. The third kappa shape index (κ3) is 5.08. The highest BCUT2D eigenvalue weighted by molar-refractivity contribution is 6.07. The number of rotatable bonds is 9. The van der Waals surface area contributed by atoms with Gasteiger partial charge in [-0.3, -0.25) is 9.48 Å². The van der Waals surface area contributed by atoms with Gasteiger partial charge in [0.2, 0.25) is 0 Å². The summed E-state index contributed by atoms with van der Waals surface area (Å²) in [4.78, 5) is 12.5. The summed E-state index contributed by atoms with van der Waals surface area (Å²) in [5.74, 6) is 2.01. The maximum Gasteiger partial charge on any atom is 0.189 e. The normalized spacial score (nSPS) is 10.9. The molecule has 0 fully saturated rings. The van der Waals surface area contributed by atoms with Gasteiger partial charge in [-0.25, -0.2) is 0 Å². The van der Waals surface area contributed by atoms with Crippen LogP contribution in [0.5, 0.6) is 17.2 Å². The van der Waals surface area contributed by atoms with E-state index < -0.39 is 0 Å². The van der Waals surface area contributed by atoms with Gasteiger partial charge >= 0.3 is 0 Å². The van der Waals surface area contributed by atoms with E-state index in [1.54, 1.807) is 37.2 Å². The van der Waals surface area contributed by atoms with E-state index in [0.29, 0.717) is 36.0 Å². The number of benzene rings is 2. The van der Waals surface area contributed by atoms with E-state index in [-0.39, 0.29) is 5.78 Å². The Labute approximate surface area is 176 Å². The first-order chi connectivity index (χ1) is 14.5. The van der Waals surface area contributed by atoms with E-state index in [9.17, 15) is 4.79 Å². The fraction of sp³-hybridized carbons (Fsp3) is 0.250. The number of para-hydroxylation sites is 2. The van der Waals surface area contributed by atoms with Crippen LogP contribution in [0, 0.1) is 6.92 Å². The fourth-order valence-corrected chi connectivity index (χ4v) is 3.12. The zero-order valence-corrected chi connectivity index (χ0v) is 17.7. The van der Waals surface area contributed by atoms with Gasteiger partial charge < -0.3 is 14.2 Å². The van der Waals surface area contributed by atoms with Crippen LogP contribution >= 0.6 is 0 Å². The van der Waals surface area contributed by atoms with E-state index in [4.69, 9.17) is 14.2 Å². The van der Waals surface area contributed by atoms with Gasteiger partial charge in [-0.05, 0) is 49.8 Å². The van der Waals surface area contributed by atoms with E-state index in [0.717, 1.165) is 16.9 Å². The average molecular weight is 406 g/mol. The molecule has 0 N–H and O–H groups in total. The predicted octanol–water partition coefficient (Wildman–Crippen LogP) is 4.61. The Kier molecular flexibility index (Phi) is 6.91. The Morgan fingerprint density at radius 1 is 1.10 bits per heavy atom. The maximum atomic E-state index is 12.5. The third-order valence-corrected chi connectivity index (χ3v) is 4.54. The predicted molar refractivity (Wildman–Crippen MR) is 116 cm³/mol. The van der Waals surface area contributed by atoms with Crippen molar-refractivity contribution < 1.29 is 19.0 Å². The molecule has 156 valence electrons. The maximum absolute atomic E-state index is 12.5. The molecule has 0 aliphatic rings. The molecule has 6 nitrogen and oxygen atoms in total. The molecule has 0 radical (unpaired) electrons. The molecule has 3 aromatic rings. The van der Waals surface area contributed by atoms with Crippen molar-refractivity contribution in [1.82, 2.24) is 9.78 Å². The number of aromatic nitrogens is 2. The Balaban J connectivity index is 1.77. The lowest BCUT2D eigenvalue weighted by molar-refractivity contribution is 0.104. The van der Waals surface area contributed by atoms with Crippen molar-refractivity contribution in [3.05, 3.63) is 77.1 Å². The minimum Gasteiger partial charge on any atom is -0.496 e. The van der Waals surface area contributed by atoms with Crippen LogP contribution in [0.4, 0.5) is 0 Å². The Morgan fingerprint density at radius 2 is 1.83 bits per heavy atom. The van der Waals surface area contributed by atoms with E-state index >= 15 is 0 Å². The van der Waals surface area contributed by atoms with Crippen LogP contribution in [0.2, 0.25) is 0 Å². The number of ether oxygens (including phenoxy) is 3. The SMILES string of the molecule is CCOc1ccccc1OCc1cc(/C=C/C(=O)c2cn(C)nc2C)ccc1OC. The summed E-state index contributed by atoms with van der Waals surface area (Å²) < 4.78 is 18.7. The first kappa shape index (κ1) is 21.2. The number of carbonyl (C=O) groups is 1. The molecular formula is C24H26N2O4. The molecule has 0 spiro atoms. The lowest BCUT2D eigenvalue weighted by Gasteiger charge is -2.14. The van der Waals surface area contributed by atoms with E-state index in [1.165, 1.54) is 0 Å². The summed E-state index contributed by atoms with van der Waals surface area (Å²) in [6.07, 6.45) is 5.07. The molecule has 2 aromatic carbocycles. The zero-order valence-electron chi connectivity index (χ0n) is 17.7. The Morgan fingerprint density at radius 3 is 2.47 bits per heavy atom. The van der Waals surface area contributed by atoms with Crippen molar-refractivity contribution in [3.63, 3.8) is 0 Å². The summed E-state index contributed by atoms with van der Waals surface area (Å²) in [5.41, 5.74) is 3.06. The van der Waals surface area contributed by atoms with Crippen molar-refractivity contribution in [2.24, 2.45) is 7.05 Å². The average Bonchev–Trinajstić information content (AvgIpc) is 3.09. The highest BCUT2D eigenvalue weighted by Gasteiger charge is 2.11. The summed E-state index contributed by atoms with van der Waals surface area (Å²) in [6.45, 7) is 4.63. The summed E-state index contributed by atoms with van der Waals surface area (Å²) in [5, 5.41) is 4.22. The number of nitrogens with zero attached hydrogens (tertiary/aromatic N) is 2. The summed E-state index contributed by atoms with van der Waals surface area (Å²) >= 11 is 0. The monoisotopic (exact) mass is 406 g/mol. The van der Waals surface area contributed by atoms with Crippen molar-refractivity contribution in [3.8, 4) is 17.2 Å². The second-order valence-electron chi connectivity index (χ2n) is 6.74. The molecule has 0 atom stereocenters. The number of hydrogen-bond donors (Lipinski definition) is 0. The molecule has 0 saturated heterocycles. The minimum atomic E-state index is -0.0835. The first-order valence-corrected chi connectivity index (χ1v) is 9.76. The summed E-state index contributed by atoms with van der Waals surface area (Å²) in [7, 11) is 3.42. The number of hydrogen-bond acceptors (Lipinski definition) is 5. The molecule has 30 heavy (non-hydrogen) atoms. The highest BCUT2D eigenvalue weighted by atomic mass is 16.5. The number of aryl methyl sites for hydroxylation is 2. The van der Waals surface area contributed by atoms with Gasteiger partial charge in [-0.1, -0.05) is 24.3 Å². The molecule has 0 amide bonds. The largest absolute Gasteiger partial charge is 0.496 e. The first-order valence-electron chi connectivity index (χ1n) is 9.76. The van der Waals surface area contributed by atoms with E-state index in [2.05, 4.69) is 5.10 Å². The molecule has 0 saturated carbocycles. The quantitative estimate of drug-likeness (QED) is 0.384. The van der Waals surface area contributed by atoms with Gasteiger partial charge in [0, 0.05) is 18.8 Å². The van der Waals surface area contributed by atoms with Crippen LogP contribution in [0.3, 0.4) is 0 Å². The van der Waals surface area contributed by atoms with Crippen LogP contribution < -0.4 is 14.2 Å². The van der Waals surface area contributed by atoms with Crippen LogP contribution in [0.25, 0.3) is 6.08 Å². The van der Waals surface area contributed by atoms with E-state index in [1.807, 2.05) is 56.3 Å². The second-order valence-corrected chi connectivity index (χ2v) is 6.74. The van der Waals surface area contributed by atoms with Crippen molar-refractivity contribution in [2.75, 3.05) is 13.7 Å². The van der Waals surface area contributed by atoms with Crippen LogP contribution in [0.1, 0.15) is 34.1 Å². The fourth-order valence-electron chi connectivity index (χ4n) is 3.12. The van der Waals surface area contributed by atoms with Crippen molar-refractivity contribution in [2.45, 2.75) is 20.5 Å². The lowest BCUT2D eigenvalue weighted by atomic mass is 10.1. The van der Waals surface area contributed by atoms with Crippen LogP contribution in [-0.4, -0.2) is 29.3 Å². The molecular weight excluding hydrogens is 380 g/mol. The molecule has 0 unspecified atom stereocenters. The summed E-state index contributed by atoms with van der Waals surface area (Å²) in [6, 6.07) is 13.3. The number of carbonyl (C=O) groups excluding carboxylic acids is 1. The number of allylic oxidation sites excluding steroid dienone is 1. The smallest absolute Gasteiger partial charge is 0.189 e. The molecule has 1 aromatic heterocycles. The number of methoxy groups -OCH3 is 1. The van der Waals surface area contributed by atoms with Crippen molar-refractivity contribution in [1.29, 1.82) is 0 Å². The van der Waals surface area contributed by atoms with Gasteiger partial charge in [0.1, 0.15) is 12.4 Å². The van der Waals surface area contributed by atoms with Gasteiger partial charge in [0.15, 0.2) is 17.3 Å². The van der Waals surface area contributed by atoms with Gasteiger partial charge in [0.05, 0.1) is 25.0 Å². The topological polar surface area (TPSA) is 62.6 Å². The van der Waals surface area contributed by atoms with Gasteiger partial charge in [-0.15, -0.1) is 0 Å². The lowest BCUT2D eigenvalue weighted by Crippen LogP contribution is -2.01. The number of ketones is 1. The molecule has 0 aliphatic heterocycles.